The van der Waals surface area contributed by atoms with Crippen LogP contribution in [0.1, 0.15) is 37.3 Å². The minimum Gasteiger partial charge on any atom is -0.236 e. The maximum absolute atomic E-state index is 13.2. The third-order valence-electron chi connectivity index (χ3n) is 5.86. The molecule has 0 unspecified atom stereocenters. The number of fused-ring (bicyclic) bond motifs is 1. The van der Waals surface area contributed by atoms with Gasteiger partial charge in [0.05, 0.1) is 20.8 Å². The maximum Gasteiger partial charge on any atom is 0.269 e. The maximum atomic E-state index is 13.2. The summed E-state index contributed by atoms with van der Waals surface area (Å²) in [7, 11) is -7.56. The lowest BCUT2D eigenvalue weighted by molar-refractivity contribution is 0.268. The fourth-order valence-electron chi connectivity index (χ4n) is 3.90. The lowest BCUT2D eigenvalue weighted by Gasteiger charge is -2.32. The summed E-state index contributed by atoms with van der Waals surface area (Å²) in [5.74, 6) is 0. The largest absolute Gasteiger partial charge is 0.269 e. The molecule has 4 rings (SSSR count). The number of benzene rings is 2. The molecule has 3 aromatic rings. The number of hydrogen-bond donors (Lipinski definition) is 0. The molecule has 0 aliphatic carbocycles. The molecule has 1 aliphatic heterocycles. The van der Waals surface area contributed by atoms with Crippen LogP contribution >= 0.6 is 0 Å². The van der Waals surface area contributed by atoms with Gasteiger partial charge in [-0.1, -0.05) is 6.42 Å². The molecule has 1 atom stereocenters. The Kier molecular flexibility index (Phi) is 5.24. The van der Waals surface area contributed by atoms with Gasteiger partial charge in [-0.05, 0) is 81.1 Å². The number of rotatable bonds is 4. The van der Waals surface area contributed by atoms with Crippen LogP contribution in [-0.4, -0.2) is 42.7 Å². The van der Waals surface area contributed by atoms with Gasteiger partial charge in [0.1, 0.15) is 6.33 Å². The number of imidazole rings is 1. The molecule has 7 nitrogen and oxygen atoms in total. The van der Waals surface area contributed by atoms with Crippen LogP contribution in [0.25, 0.3) is 11.0 Å². The van der Waals surface area contributed by atoms with E-state index >= 15 is 0 Å². The Hall–Kier alpha value is -2.23. The Morgan fingerprint density at radius 3 is 2.13 bits per heavy atom. The summed E-state index contributed by atoms with van der Waals surface area (Å²) in [6, 6.07) is 9.04. The number of piperidine rings is 1. The van der Waals surface area contributed by atoms with Crippen LogP contribution in [0, 0.1) is 13.8 Å². The van der Waals surface area contributed by atoms with E-state index < -0.39 is 20.0 Å². The van der Waals surface area contributed by atoms with Crippen LogP contribution < -0.4 is 0 Å². The van der Waals surface area contributed by atoms with E-state index in [1.165, 1.54) is 34.9 Å². The minimum absolute atomic E-state index is 0.0191. The third kappa shape index (κ3) is 3.44. The molecule has 1 aromatic heterocycles. The molecule has 1 fully saturated rings. The molecule has 30 heavy (non-hydrogen) atoms. The molecule has 0 radical (unpaired) electrons. The van der Waals surface area contributed by atoms with Crippen LogP contribution in [0.2, 0.25) is 0 Å². The molecular weight excluding hydrogens is 422 g/mol. The molecule has 0 amide bonds. The van der Waals surface area contributed by atoms with Crippen molar-refractivity contribution in [3.63, 3.8) is 0 Å². The summed E-state index contributed by atoms with van der Waals surface area (Å²) in [5, 5.41) is 0. The molecule has 2 aromatic carbocycles. The molecule has 0 saturated carbocycles. The summed E-state index contributed by atoms with van der Waals surface area (Å²) in [4.78, 5) is 4.35. The fourth-order valence-corrected chi connectivity index (χ4v) is 6.88. The second-order valence-corrected chi connectivity index (χ2v) is 11.6. The highest BCUT2D eigenvalue weighted by molar-refractivity contribution is 7.90. The topological polar surface area (TPSA) is 89.3 Å². The van der Waals surface area contributed by atoms with Crippen LogP contribution in [0.5, 0.6) is 0 Å². The zero-order valence-corrected chi connectivity index (χ0v) is 18.9. The molecule has 1 saturated heterocycles. The van der Waals surface area contributed by atoms with Gasteiger partial charge < -0.3 is 0 Å². The highest BCUT2D eigenvalue weighted by atomic mass is 32.2. The average molecular weight is 448 g/mol. The Labute approximate surface area is 177 Å². The first kappa shape index (κ1) is 21.0. The quantitative estimate of drug-likeness (QED) is 0.611. The van der Waals surface area contributed by atoms with Gasteiger partial charge in [-0.2, -0.15) is 4.31 Å². The minimum atomic E-state index is -3.90. The summed E-state index contributed by atoms with van der Waals surface area (Å²) >= 11 is 0. The first-order valence-corrected chi connectivity index (χ1v) is 12.8. The van der Waals surface area contributed by atoms with E-state index in [1.807, 2.05) is 26.8 Å². The lowest BCUT2D eigenvalue weighted by Crippen LogP contribution is -2.41. The predicted octanol–water partition coefficient (Wildman–Crippen LogP) is 3.45. The number of aromatic nitrogens is 2. The van der Waals surface area contributed by atoms with Gasteiger partial charge in [-0.3, -0.25) is 0 Å². The first-order chi connectivity index (χ1) is 14.1. The highest BCUT2D eigenvalue weighted by Crippen LogP contribution is 2.27. The molecule has 0 bridgehead atoms. The van der Waals surface area contributed by atoms with Crippen LogP contribution in [0.15, 0.2) is 52.5 Å². The van der Waals surface area contributed by atoms with Crippen LogP contribution in [0.3, 0.4) is 0 Å². The standard InChI is InChI=1S/C21H25N3O4S2/c1-15-12-20-21(13-16(15)2)24(14-22-20)30(27,28)19-9-7-18(8-10-19)29(25,26)23-11-5-4-6-17(23)3/h7-10,12-14,17H,4-6,11H2,1-3H3/t17-/m1/s1. The van der Waals surface area contributed by atoms with Gasteiger partial charge in [0.2, 0.25) is 10.0 Å². The monoisotopic (exact) mass is 447 g/mol. The molecule has 2 heterocycles. The molecule has 9 heteroatoms. The van der Waals surface area contributed by atoms with Crippen molar-refractivity contribution >= 4 is 31.1 Å². The van der Waals surface area contributed by atoms with Gasteiger partial charge in [0.25, 0.3) is 10.0 Å². The number of sulfonamides is 1. The van der Waals surface area contributed by atoms with Crippen molar-refractivity contribution in [2.24, 2.45) is 0 Å². The number of hydrogen-bond acceptors (Lipinski definition) is 5. The van der Waals surface area contributed by atoms with Crippen molar-refractivity contribution in [3.05, 3.63) is 53.9 Å². The first-order valence-electron chi connectivity index (χ1n) is 9.94. The van der Waals surface area contributed by atoms with Crippen LogP contribution in [0.4, 0.5) is 0 Å². The fraction of sp³-hybridized carbons (Fsp3) is 0.381. The summed E-state index contributed by atoms with van der Waals surface area (Å²) < 4.78 is 55.0. The Morgan fingerprint density at radius 2 is 1.50 bits per heavy atom. The normalized spacial score (nSPS) is 18.7. The zero-order chi connectivity index (χ0) is 21.7. The van der Waals surface area contributed by atoms with Gasteiger partial charge in [0, 0.05) is 12.6 Å². The van der Waals surface area contributed by atoms with Gasteiger partial charge >= 0.3 is 0 Å². The van der Waals surface area contributed by atoms with E-state index in [2.05, 4.69) is 4.98 Å². The summed E-state index contributed by atoms with van der Waals surface area (Å²) in [6.07, 6.45) is 3.97. The second-order valence-electron chi connectivity index (χ2n) is 7.90. The molecule has 0 N–H and O–H groups in total. The number of aryl methyl sites for hydroxylation is 2. The smallest absolute Gasteiger partial charge is 0.236 e. The third-order valence-corrected chi connectivity index (χ3v) is 9.56. The van der Waals surface area contributed by atoms with E-state index in [0.717, 1.165) is 34.4 Å². The molecule has 160 valence electrons. The predicted molar refractivity (Wildman–Crippen MR) is 115 cm³/mol. The van der Waals surface area contributed by atoms with Crippen LogP contribution in [-0.2, 0) is 20.0 Å². The van der Waals surface area contributed by atoms with Crippen molar-refractivity contribution in [2.75, 3.05) is 6.54 Å². The van der Waals surface area contributed by atoms with Gasteiger partial charge in [-0.15, -0.1) is 0 Å². The Balaban J connectivity index is 1.71. The second kappa shape index (κ2) is 7.47. The van der Waals surface area contributed by atoms with Gasteiger partial charge in [-0.25, -0.2) is 25.8 Å². The Morgan fingerprint density at radius 1 is 0.900 bits per heavy atom. The molecule has 1 aliphatic rings. The Bertz CT molecular complexity index is 1310. The van der Waals surface area contributed by atoms with E-state index in [-0.39, 0.29) is 15.8 Å². The van der Waals surface area contributed by atoms with Crippen molar-refractivity contribution in [3.8, 4) is 0 Å². The highest BCUT2D eigenvalue weighted by Gasteiger charge is 2.31. The lowest BCUT2D eigenvalue weighted by atomic mass is 10.1. The number of nitrogens with zero attached hydrogens (tertiary/aromatic N) is 3. The van der Waals surface area contributed by atoms with E-state index in [9.17, 15) is 16.8 Å². The van der Waals surface area contributed by atoms with E-state index in [1.54, 1.807) is 6.07 Å². The van der Waals surface area contributed by atoms with Crippen molar-refractivity contribution in [2.45, 2.75) is 55.9 Å². The van der Waals surface area contributed by atoms with E-state index in [0.29, 0.717) is 17.6 Å². The van der Waals surface area contributed by atoms with Gasteiger partial charge in [0.15, 0.2) is 0 Å². The van der Waals surface area contributed by atoms with Crippen molar-refractivity contribution in [1.29, 1.82) is 0 Å². The van der Waals surface area contributed by atoms with E-state index in [4.69, 9.17) is 0 Å². The average Bonchev–Trinajstić information content (AvgIpc) is 3.12. The molecular formula is C21H25N3O4S2. The molecule has 0 spiro atoms. The van der Waals surface area contributed by atoms with Crippen molar-refractivity contribution < 1.29 is 16.8 Å². The summed E-state index contributed by atoms with van der Waals surface area (Å²) in [5.41, 5.74) is 3.10. The summed E-state index contributed by atoms with van der Waals surface area (Å²) in [6.45, 7) is 6.26. The van der Waals surface area contributed by atoms with Crippen molar-refractivity contribution in [1.82, 2.24) is 13.3 Å². The zero-order valence-electron chi connectivity index (χ0n) is 17.2. The SMILES string of the molecule is Cc1cc2ncn(S(=O)(=O)c3ccc(S(=O)(=O)N4CCCC[C@H]4C)cc3)c2cc1C.